The molecule has 1 amide bonds. The number of primary amides is 1. The Balaban J connectivity index is 3.10. The third kappa shape index (κ3) is 1.61. The molecule has 0 saturated carbocycles. The average molecular weight is 159 g/mol. The van der Waals surface area contributed by atoms with E-state index >= 15 is 0 Å². The number of amides is 1. The van der Waals surface area contributed by atoms with Crippen molar-refractivity contribution in [3.63, 3.8) is 0 Å². The molecule has 1 radical (unpaired) electrons. The third-order valence-electron chi connectivity index (χ3n) is 1.45. The SMILES string of the molecule is N#C[CH]c1ccccc1C(N)=O. The second-order valence-electron chi connectivity index (χ2n) is 2.22. The minimum Gasteiger partial charge on any atom is -0.366 e. The van der Waals surface area contributed by atoms with Crippen LogP contribution in [0.3, 0.4) is 0 Å². The third-order valence-corrected chi connectivity index (χ3v) is 1.45. The van der Waals surface area contributed by atoms with Crippen LogP contribution in [-0.4, -0.2) is 5.91 Å². The zero-order valence-electron chi connectivity index (χ0n) is 6.32. The molecule has 0 aliphatic carbocycles. The number of nitrogens with zero attached hydrogens (tertiary/aromatic N) is 1. The van der Waals surface area contributed by atoms with Crippen molar-refractivity contribution in [3.05, 3.63) is 41.8 Å². The van der Waals surface area contributed by atoms with Gasteiger partial charge in [0.05, 0.1) is 12.5 Å². The van der Waals surface area contributed by atoms with E-state index in [0.29, 0.717) is 11.1 Å². The topological polar surface area (TPSA) is 66.9 Å². The molecule has 0 aliphatic heterocycles. The van der Waals surface area contributed by atoms with E-state index in [1.807, 2.05) is 6.07 Å². The Morgan fingerprint density at radius 2 is 2.17 bits per heavy atom. The molecule has 1 aromatic carbocycles. The Bertz CT molecular complexity index is 339. The minimum atomic E-state index is -0.517. The molecular formula is C9H7N2O. The smallest absolute Gasteiger partial charge is 0.249 e. The van der Waals surface area contributed by atoms with E-state index in [1.54, 1.807) is 24.3 Å². The highest BCUT2D eigenvalue weighted by Crippen LogP contribution is 2.09. The van der Waals surface area contributed by atoms with Gasteiger partial charge in [0, 0.05) is 5.56 Å². The van der Waals surface area contributed by atoms with E-state index in [2.05, 4.69) is 0 Å². The Kier molecular flexibility index (Phi) is 2.44. The molecule has 59 valence electrons. The van der Waals surface area contributed by atoms with Gasteiger partial charge < -0.3 is 5.73 Å². The van der Waals surface area contributed by atoms with Crippen molar-refractivity contribution in [1.82, 2.24) is 0 Å². The number of nitriles is 1. The maximum atomic E-state index is 10.8. The fraction of sp³-hybridized carbons (Fsp3) is 0. The van der Waals surface area contributed by atoms with E-state index in [4.69, 9.17) is 11.0 Å². The van der Waals surface area contributed by atoms with Crippen LogP contribution < -0.4 is 5.73 Å². The Morgan fingerprint density at radius 3 is 2.75 bits per heavy atom. The lowest BCUT2D eigenvalue weighted by Crippen LogP contribution is -2.12. The van der Waals surface area contributed by atoms with Crippen LogP contribution in [0.15, 0.2) is 24.3 Å². The second-order valence-corrected chi connectivity index (χ2v) is 2.22. The van der Waals surface area contributed by atoms with Crippen molar-refractivity contribution in [2.45, 2.75) is 0 Å². The Hall–Kier alpha value is -1.82. The monoisotopic (exact) mass is 159 g/mol. The van der Waals surface area contributed by atoms with Gasteiger partial charge in [0.1, 0.15) is 0 Å². The highest BCUT2D eigenvalue weighted by atomic mass is 16.1. The van der Waals surface area contributed by atoms with Gasteiger partial charge in [-0.15, -0.1) is 0 Å². The summed E-state index contributed by atoms with van der Waals surface area (Å²) < 4.78 is 0. The molecule has 0 unspecified atom stereocenters. The van der Waals surface area contributed by atoms with E-state index in [1.165, 1.54) is 6.42 Å². The van der Waals surface area contributed by atoms with Crippen molar-refractivity contribution in [3.8, 4) is 6.07 Å². The molecule has 3 heteroatoms. The highest BCUT2D eigenvalue weighted by Gasteiger charge is 2.05. The molecule has 0 fully saturated rings. The molecule has 1 rings (SSSR count). The standard InChI is InChI=1S/C9H7N2O/c10-6-5-7-3-1-2-4-8(7)9(11)12/h1-5H,(H2,11,12). The largest absolute Gasteiger partial charge is 0.366 e. The first-order valence-electron chi connectivity index (χ1n) is 3.37. The van der Waals surface area contributed by atoms with Gasteiger partial charge in [0.15, 0.2) is 0 Å². The van der Waals surface area contributed by atoms with Gasteiger partial charge in [-0.25, -0.2) is 0 Å². The molecule has 0 spiro atoms. The number of benzene rings is 1. The molecule has 0 aromatic heterocycles. The van der Waals surface area contributed by atoms with Crippen molar-refractivity contribution < 1.29 is 4.79 Å². The lowest BCUT2D eigenvalue weighted by molar-refractivity contribution is 0.1000. The molecule has 0 bridgehead atoms. The average Bonchev–Trinajstić information content (AvgIpc) is 2.05. The van der Waals surface area contributed by atoms with Gasteiger partial charge in [0.25, 0.3) is 0 Å². The predicted octanol–water partition coefficient (Wildman–Crippen LogP) is 0.861. The van der Waals surface area contributed by atoms with Crippen LogP contribution in [0.1, 0.15) is 15.9 Å². The Labute approximate surface area is 70.4 Å². The summed E-state index contributed by atoms with van der Waals surface area (Å²) in [5.74, 6) is -0.517. The molecule has 3 nitrogen and oxygen atoms in total. The van der Waals surface area contributed by atoms with Crippen LogP contribution in [0.4, 0.5) is 0 Å². The first-order valence-corrected chi connectivity index (χ1v) is 3.37. The fourth-order valence-electron chi connectivity index (χ4n) is 0.917. The van der Waals surface area contributed by atoms with Gasteiger partial charge in [-0.1, -0.05) is 18.2 Å². The zero-order chi connectivity index (χ0) is 8.97. The number of carbonyl (C=O) groups excluding carboxylic acids is 1. The van der Waals surface area contributed by atoms with Crippen LogP contribution in [-0.2, 0) is 0 Å². The molecule has 12 heavy (non-hydrogen) atoms. The number of rotatable bonds is 2. The summed E-state index contributed by atoms with van der Waals surface area (Å²) >= 11 is 0. The van der Waals surface area contributed by atoms with Crippen molar-refractivity contribution >= 4 is 5.91 Å². The van der Waals surface area contributed by atoms with E-state index in [-0.39, 0.29) is 0 Å². The normalized spacial score (nSPS) is 8.92. The first-order chi connectivity index (χ1) is 5.75. The summed E-state index contributed by atoms with van der Waals surface area (Å²) in [6.07, 6.45) is 1.29. The second kappa shape index (κ2) is 3.54. The van der Waals surface area contributed by atoms with Crippen LogP contribution in [0.2, 0.25) is 0 Å². The van der Waals surface area contributed by atoms with Crippen LogP contribution in [0.25, 0.3) is 0 Å². The summed E-state index contributed by atoms with van der Waals surface area (Å²) in [6, 6.07) is 8.55. The van der Waals surface area contributed by atoms with E-state index in [0.717, 1.165) is 0 Å². The molecule has 0 aliphatic rings. The number of hydrogen-bond acceptors (Lipinski definition) is 2. The summed E-state index contributed by atoms with van der Waals surface area (Å²) in [5.41, 5.74) is 6.01. The maximum Gasteiger partial charge on any atom is 0.249 e. The van der Waals surface area contributed by atoms with Gasteiger partial charge in [-0.05, 0) is 11.6 Å². The predicted molar refractivity (Wildman–Crippen MR) is 44.0 cm³/mol. The maximum absolute atomic E-state index is 10.8. The van der Waals surface area contributed by atoms with Crippen molar-refractivity contribution in [2.24, 2.45) is 5.73 Å². The van der Waals surface area contributed by atoms with E-state index < -0.39 is 5.91 Å². The first kappa shape index (κ1) is 8.28. The zero-order valence-corrected chi connectivity index (χ0v) is 6.32. The van der Waals surface area contributed by atoms with Crippen LogP contribution in [0, 0.1) is 17.8 Å². The van der Waals surface area contributed by atoms with Crippen LogP contribution >= 0.6 is 0 Å². The van der Waals surface area contributed by atoms with Crippen LogP contribution in [0.5, 0.6) is 0 Å². The molecule has 0 heterocycles. The van der Waals surface area contributed by atoms with Gasteiger partial charge in [-0.3, -0.25) is 4.79 Å². The van der Waals surface area contributed by atoms with Crippen molar-refractivity contribution in [2.75, 3.05) is 0 Å². The molecule has 0 saturated heterocycles. The minimum absolute atomic E-state index is 0.374. The van der Waals surface area contributed by atoms with Gasteiger partial charge in [-0.2, -0.15) is 5.26 Å². The molecule has 0 atom stereocenters. The van der Waals surface area contributed by atoms with Gasteiger partial charge >= 0.3 is 0 Å². The lowest BCUT2D eigenvalue weighted by atomic mass is 10.1. The number of nitrogens with two attached hydrogens (primary N) is 1. The Morgan fingerprint density at radius 1 is 1.50 bits per heavy atom. The summed E-state index contributed by atoms with van der Waals surface area (Å²) in [6.45, 7) is 0. The lowest BCUT2D eigenvalue weighted by Gasteiger charge is -1.99. The van der Waals surface area contributed by atoms with Crippen molar-refractivity contribution in [1.29, 1.82) is 5.26 Å². The highest BCUT2D eigenvalue weighted by molar-refractivity contribution is 5.94. The fourth-order valence-corrected chi connectivity index (χ4v) is 0.917. The molecule has 2 N–H and O–H groups in total. The summed E-state index contributed by atoms with van der Waals surface area (Å²) in [5, 5.41) is 8.37. The number of carbonyl (C=O) groups is 1. The summed E-state index contributed by atoms with van der Waals surface area (Å²) in [4.78, 5) is 10.8. The summed E-state index contributed by atoms with van der Waals surface area (Å²) in [7, 11) is 0. The molecule has 1 aromatic rings. The number of hydrogen-bond donors (Lipinski definition) is 1. The quantitative estimate of drug-likeness (QED) is 0.695. The van der Waals surface area contributed by atoms with E-state index in [9.17, 15) is 4.79 Å². The van der Waals surface area contributed by atoms with Gasteiger partial charge in [0.2, 0.25) is 5.91 Å². The molecular weight excluding hydrogens is 152 g/mol.